The van der Waals surface area contributed by atoms with Crippen LogP contribution in [0.3, 0.4) is 0 Å². The highest BCUT2D eigenvalue weighted by Gasteiger charge is 2.48. The molecule has 1 fully saturated rings. The molecule has 1 aliphatic rings. The minimum absolute atomic E-state index is 0.188. The van der Waals surface area contributed by atoms with Crippen LogP contribution >= 0.6 is 0 Å². The third kappa shape index (κ3) is 1.83. The molecule has 0 amide bonds. The molecular weight excluding hydrogens is 180 g/mol. The first-order chi connectivity index (χ1) is 6.05. The van der Waals surface area contributed by atoms with Crippen LogP contribution in [-0.2, 0) is 9.47 Å². The van der Waals surface area contributed by atoms with E-state index in [1.807, 2.05) is 0 Å². The lowest BCUT2D eigenvalue weighted by Gasteiger charge is -2.41. The average molecular weight is 194 g/mol. The lowest BCUT2D eigenvalue weighted by molar-refractivity contribution is -0.334. The van der Waals surface area contributed by atoms with Crippen molar-refractivity contribution in [3.05, 3.63) is 0 Å². The maximum absolute atomic E-state index is 9.45. The first-order valence-corrected chi connectivity index (χ1v) is 3.91. The van der Waals surface area contributed by atoms with Crippen molar-refractivity contribution in [1.29, 1.82) is 0 Å². The fourth-order valence-corrected chi connectivity index (χ4v) is 1.30. The van der Waals surface area contributed by atoms with Crippen LogP contribution in [0.25, 0.3) is 0 Å². The molecule has 0 aromatic heterocycles. The van der Waals surface area contributed by atoms with E-state index in [9.17, 15) is 15.3 Å². The van der Waals surface area contributed by atoms with Gasteiger partial charge in [0.1, 0.15) is 18.3 Å². The Morgan fingerprint density at radius 2 is 2.15 bits per heavy atom. The summed E-state index contributed by atoms with van der Waals surface area (Å²) in [6.07, 6.45) is -3.43. The van der Waals surface area contributed by atoms with E-state index >= 15 is 0 Å². The van der Waals surface area contributed by atoms with E-state index in [2.05, 4.69) is 0 Å². The smallest absolute Gasteiger partial charge is 0.218 e. The maximum atomic E-state index is 9.45. The van der Waals surface area contributed by atoms with E-state index in [4.69, 9.17) is 14.6 Å². The number of hydrogen-bond acceptors (Lipinski definition) is 6. The first-order valence-electron chi connectivity index (χ1n) is 3.91. The molecule has 1 aliphatic heterocycles. The summed E-state index contributed by atoms with van der Waals surface area (Å²) in [4.78, 5) is 0. The molecule has 1 rings (SSSR count). The fourth-order valence-electron chi connectivity index (χ4n) is 1.30. The Morgan fingerprint density at radius 1 is 1.54 bits per heavy atom. The van der Waals surface area contributed by atoms with Gasteiger partial charge < -0.3 is 29.9 Å². The van der Waals surface area contributed by atoms with Crippen LogP contribution in [0, 0.1) is 0 Å². The number of hydrogen-bond donors (Lipinski definition) is 4. The van der Waals surface area contributed by atoms with E-state index in [0.29, 0.717) is 0 Å². The van der Waals surface area contributed by atoms with Gasteiger partial charge >= 0.3 is 0 Å². The molecule has 1 saturated heterocycles. The van der Waals surface area contributed by atoms with Gasteiger partial charge in [-0.3, -0.25) is 0 Å². The average Bonchev–Trinajstić information content (AvgIpc) is 2.13. The molecule has 78 valence electrons. The monoisotopic (exact) mass is 194 g/mol. The van der Waals surface area contributed by atoms with E-state index in [-0.39, 0.29) is 6.61 Å². The topological polar surface area (TPSA) is 99.4 Å². The lowest BCUT2D eigenvalue weighted by atomic mass is 9.97. The second-order valence-corrected chi connectivity index (χ2v) is 3.03. The zero-order valence-electron chi connectivity index (χ0n) is 7.25. The highest BCUT2D eigenvalue weighted by Crippen LogP contribution is 2.24. The second kappa shape index (κ2) is 3.87. The van der Waals surface area contributed by atoms with Crippen molar-refractivity contribution in [2.75, 3.05) is 20.3 Å². The van der Waals surface area contributed by atoms with Gasteiger partial charge in [0.25, 0.3) is 0 Å². The van der Waals surface area contributed by atoms with Crippen molar-refractivity contribution in [1.82, 2.24) is 0 Å². The summed E-state index contributed by atoms with van der Waals surface area (Å²) in [5, 5.41) is 36.9. The van der Waals surface area contributed by atoms with Crippen molar-refractivity contribution >= 4 is 0 Å². The Labute approximate surface area is 75.3 Å². The van der Waals surface area contributed by atoms with E-state index in [1.54, 1.807) is 0 Å². The Hall–Kier alpha value is -0.240. The fraction of sp³-hybridized carbons (Fsp3) is 1.00. The summed E-state index contributed by atoms with van der Waals surface area (Å²) < 4.78 is 9.46. The van der Waals surface area contributed by atoms with Crippen molar-refractivity contribution in [2.24, 2.45) is 0 Å². The molecule has 1 unspecified atom stereocenters. The molecule has 6 heteroatoms. The summed E-state index contributed by atoms with van der Waals surface area (Å²) in [6, 6.07) is 0. The molecule has 13 heavy (non-hydrogen) atoms. The van der Waals surface area contributed by atoms with Gasteiger partial charge in [0.05, 0.1) is 13.2 Å². The summed E-state index contributed by atoms with van der Waals surface area (Å²) in [6.45, 7) is -0.937. The van der Waals surface area contributed by atoms with Crippen LogP contribution in [0.2, 0.25) is 0 Å². The molecule has 0 aromatic carbocycles. The highest BCUT2D eigenvalue weighted by molar-refractivity contribution is 4.91. The third-order valence-corrected chi connectivity index (χ3v) is 2.16. The third-order valence-electron chi connectivity index (χ3n) is 2.16. The minimum Gasteiger partial charge on any atom is -0.391 e. The number of aliphatic hydroxyl groups is 4. The molecule has 6 nitrogen and oxygen atoms in total. The van der Waals surface area contributed by atoms with E-state index in [0.717, 1.165) is 0 Å². The lowest BCUT2D eigenvalue weighted by Crippen LogP contribution is -2.63. The molecule has 4 atom stereocenters. The van der Waals surface area contributed by atoms with Gasteiger partial charge in [-0.25, -0.2) is 0 Å². The Balaban J connectivity index is 2.74. The van der Waals surface area contributed by atoms with Crippen molar-refractivity contribution < 1.29 is 29.9 Å². The zero-order valence-corrected chi connectivity index (χ0v) is 7.25. The quantitative estimate of drug-likeness (QED) is 0.386. The second-order valence-electron chi connectivity index (χ2n) is 3.03. The van der Waals surface area contributed by atoms with Crippen molar-refractivity contribution in [2.45, 2.75) is 24.1 Å². The number of ether oxygens (including phenoxy) is 2. The summed E-state index contributed by atoms with van der Waals surface area (Å²) in [5.41, 5.74) is 0. The van der Waals surface area contributed by atoms with Gasteiger partial charge in [-0.15, -0.1) is 0 Å². The van der Waals surface area contributed by atoms with Gasteiger partial charge in [0.15, 0.2) is 0 Å². The highest BCUT2D eigenvalue weighted by atomic mass is 16.7. The van der Waals surface area contributed by atoms with Crippen LogP contribution in [0.1, 0.15) is 0 Å². The minimum atomic E-state index is -2.04. The standard InChI is InChI=1S/C7H14O6/c1-12-5-4(9)2-13-7(11,3-8)6(5)10/h4-6,8-11H,2-3H2,1H3/t4-,5+,6-,7?/m0/s1. The molecule has 1 heterocycles. The van der Waals surface area contributed by atoms with E-state index in [1.165, 1.54) is 7.11 Å². The molecular formula is C7H14O6. The molecule has 0 aliphatic carbocycles. The van der Waals surface area contributed by atoms with Crippen molar-refractivity contribution in [3.63, 3.8) is 0 Å². The zero-order chi connectivity index (χ0) is 10.1. The number of rotatable bonds is 2. The maximum Gasteiger partial charge on any atom is 0.218 e. The molecule has 0 spiro atoms. The predicted molar refractivity (Wildman–Crippen MR) is 40.8 cm³/mol. The van der Waals surface area contributed by atoms with Crippen LogP contribution in [-0.4, -0.2) is 64.8 Å². The molecule has 0 aromatic rings. The summed E-state index contributed by atoms with van der Waals surface area (Å²) >= 11 is 0. The normalized spacial score (nSPS) is 46.4. The van der Waals surface area contributed by atoms with Gasteiger partial charge in [0.2, 0.25) is 5.79 Å². The van der Waals surface area contributed by atoms with Crippen LogP contribution in [0.15, 0.2) is 0 Å². The molecule has 0 saturated carbocycles. The first kappa shape index (κ1) is 10.8. The summed E-state index contributed by atoms with van der Waals surface area (Å²) in [7, 11) is 1.29. The molecule has 0 bridgehead atoms. The van der Waals surface area contributed by atoms with Crippen LogP contribution < -0.4 is 0 Å². The largest absolute Gasteiger partial charge is 0.391 e. The van der Waals surface area contributed by atoms with Gasteiger partial charge in [-0.05, 0) is 0 Å². The van der Waals surface area contributed by atoms with Crippen molar-refractivity contribution in [3.8, 4) is 0 Å². The van der Waals surface area contributed by atoms with Gasteiger partial charge in [0, 0.05) is 7.11 Å². The van der Waals surface area contributed by atoms with Crippen LogP contribution in [0.5, 0.6) is 0 Å². The van der Waals surface area contributed by atoms with Gasteiger partial charge in [-0.2, -0.15) is 0 Å². The predicted octanol–water partition coefficient (Wildman–Crippen LogP) is -2.57. The Kier molecular flexibility index (Phi) is 3.23. The van der Waals surface area contributed by atoms with E-state index < -0.39 is 30.7 Å². The number of aliphatic hydroxyl groups excluding tert-OH is 3. The Bertz CT molecular complexity index is 174. The summed E-state index contributed by atoms with van der Waals surface area (Å²) in [5.74, 6) is -2.04. The van der Waals surface area contributed by atoms with Gasteiger partial charge in [-0.1, -0.05) is 0 Å². The molecule has 4 N–H and O–H groups in total. The SMILES string of the molecule is CO[C@@H]1[C@@H](O)COC(O)(CO)[C@H]1O. The van der Waals surface area contributed by atoms with Crippen LogP contribution in [0.4, 0.5) is 0 Å². The molecule has 0 radical (unpaired) electrons. The number of methoxy groups -OCH3 is 1. The Morgan fingerprint density at radius 3 is 2.62 bits per heavy atom.